The van der Waals surface area contributed by atoms with Crippen molar-refractivity contribution in [3.63, 3.8) is 0 Å². The number of carbonyl (C=O) groups excluding carboxylic acids is 1. The molecule has 0 spiro atoms. The van der Waals surface area contributed by atoms with Crippen LogP contribution in [0.4, 0.5) is 0 Å². The fraction of sp³-hybridized carbons (Fsp3) is 0.857. The van der Waals surface area contributed by atoms with Gasteiger partial charge in [0, 0.05) is 25.4 Å². The summed E-state index contributed by atoms with van der Waals surface area (Å²) >= 11 is 5.51. The summed E-state index contributed by atoms with van der Waals surface area (Å²) in [4.78, 5) is 12.9. The van der Waals surface area contributed by atoms with Crippen LogP contribution in [0.3, 0.4) is 0 Å². The average molecular weight is 162 g/mol. The number of halogens is 1. The van der Waals surface area contributed by atoms with Crippen LogP contribution in [-0.4, -0.2) is 29.8 Å². The molecule has 1 rings (SSSR count). The number of piperidine rings is 1. The van der Waals surface area contributed by atoms with Gasteiger partial charge in [-0.15, -0.1) is 11.6 Å². The van der Waals surface area contributed by atoms with Gasteiger partial charge in [0.25, 0.3) is 0 Å². The summed E-state index contributed by atoms with van der Waals surface area (Å²) in [5, 5.41) is 0. The maximum Gasteiger partial charge on any atom is 0.222 e. The highest BCUT2D eigenvalue weighted by Crippen LogP contribution is 2.09. The first-order valence-electron chi connectivity index (χ1n) is 3.68. The quantitative estimate of drug-likeness (QED) is 0.558. The molecule has 58 valence electrons. The Morgan fingerprint density at radius 1 is 1.50 bits per heavy atom. The standard InChI is InChI=1S/C7H12ClNO/c8-4-6-9-5-2-1-3-7(9)10/h1-6H2. The van der Waals surface area contributed by atoms with Gasteiger partial charge in [0.05, 0.1) is 0 Å². The molecule has 3 heteroatoms. The van der Waals surface area contributed by atoms with Crippen molar-refractivity contribution in [3.05, 3.63) is 0 Å². The topological polar surface area (TPSA) is 20.3 Å². The van der Waals surface area contributed by atoms with Gasteiger partial charge < -0.3 is 4.90 Å². The van der Waals surface area contributed by atoms with Crippen molar-refractivity contribution >= 4 is 17.5 Å². The first-order chi connectivity index (χ1) is 4.84. The molecule has 0 aromatic carbocycles. The second kappa shape index (κ2) is 3.81. The zero-order valence-electron chi connectivity index (χ0n) is 5.98. The molecule has 0 saturated carbocycles. The maximum absolute atomic E-state index is 11.1. The fourth-order valence-electron chi connectivity index (χ4n) is 1.20. The molecule has 0 unspecified atom stereocenters. The van der Waals surface area contributed by atoms with Gasteiger partial charge in [0.15, 0.2) is 0 Å². The molecule has 0 radical (unpaired) electrons. The van der Waals surface area contributed by atoms with Crippen molar-refractivity contribution in [3.8, 4) is 0 Å². The van der Waals surface area contributed by atoms with Crippen LogP contribution in [-0.2, 0) is 4.79 Å². The molecule has 0 bridgehead atoms. The number of nitrogens with zero attached hydrogens (tertiary/aromatic N) is 1. The Labute approximate surface area is 66.1 Å². The maximum atomic E-state index is 11.1. The summed E-state index contributed by atoms with van der Waals surface area (Å²) in [6.45, 7) is 1.63. The molecule has 1 fully saturated rings. The zero-order chi connectivity index (χ0) is 7.40. The van der Waals surface area contributed by atoms with Crippen LogP contribution in [0, 0.1) is 0 Å². The summed E-state index contributed by atoms with van der Waals surface area (Å²) in [5.74, 6) is 0.832. The number of carbonyl (C=O) groups is 1. The van der Waals surface area contributed by atoms with Crippen LogP contribution in [0.25, 0.3) is 0 Å². The first kappa shape index (κ1) is 7.86. The van der Waals surface area contributed by atoms with E-state index in [1.165, 1.54) is 0 Å². The van der Waals surface area contributed by atoms with E-state index in [1.54, 1.807) is 0 Å². The number of amides is 1. The summed E-state index contributed by atoms with van der Waals surface area (Å²) in [6, 6.07) is 0. The molecule has 10 heavy (non-hydrogen) atoms. The van der Waals surface area contributed by atoms with Crippen molar-refractivity contribution < 1.29 is 4.79 Å². The van der Waals surface area contributed by atoms with E-state index in [4.69, 9.17) is 11.6 Å². The first-order valence-corrected chi connectivity index (χ1v) is 4.22. The SMILES string of the molecule is O=C1CCCCN1CCCl. The Morgan fingerprint density at radius 2 is 2.30 bits per heavy atom. The number of alkyl halides is 1. The lowest BCUT2D eigenvalue weighted by atomic mass is 10.1. The van der Waals surface area contributed by atoms with Crippen molar-refractivity contribution in [2.75, 3.05) is 19.0 Å². The zero-order valence-corrected chi connectivity index (χ0v) is 6.73. The summed E-state index contributed by atoms with van der Waals surface area (Å²) in [5.41, 5.74) is 0. The smallest absolute Gasteiger partial charge is 0.222 e. The predicted molar refractivity (Wildman–Crippen MR) is 41.2 cm³/mol. The van der Waals surface area contributed by atoms with E-state index in [9.17, 15) is 4.79 Å². The highest BCUT2D eigenvalue weighted by molar-refractivity contribution is 6.18. The molecule has 1 aliphatic heterocycles. The van der Waals surface area contributed by atoms with E-state index < -0.39 is 0 Å². The van der Waals surface area contributed by atoms with E-state index >= 15 is 0 Å². The molecule has 0 aromatic heterocycles. The molecule has 0 atom stereocenters. The average Bonchev–Trinajstić information content (AvgIpc) is 1.94. The minimum absolute atomic E-state index is 0.270. The second-order valence-electron chi connectivity index (χ2n) is 2.53. The molecule has 0 aromatic rings. The molecule has 1 aliphatic rings. The molecule has 2 nitrogen and oxygen atoms in total. The Hall–Kier alpha value is -0.240. The predicted octanol–water partition coefficient (Wildman–Crippen LogP) is 1.24. The number of hydrogen-bond donors (Lipinski definition) is 0. The van der Waals surface area contributed by atoms with Crippen molar-refractivity contribution in [1.29, 1.82) is 0 Å². The van der Waals surface area contributed by atoms with Crippen molar-refractivity contribution in [2.45, 2.75) is 19.3 Å². The van der Waals surface area contributed by atoms with E-state index in [2.05, 4.69) is 0 Å². The van der Waals surface area contributed by atoms with E-state index in [0.717, 1.165) is 32.4 Å². The second-order valence-corrected chi connectivity index (χ2v) is 2.90. The van der Waals surface area contributed by atoms with Gasteiger partial charge in [0.2, 0.25) is 5.91 Å². The monoisotopic (exact) mass is 161 g/mol. The van der Waals surface area contributed by atoms with Crippen LogP contribution >= 0.6 is 11.6 Å². The third kappa shape index (κ3) is 1.87. The summed E-state index contributed by atoms with van der Waals surface area (Å²) in [6.07, 6.45) is 2.91. The minimum atomic E-state index is 0.270. The van der Waals surface area contributed by atoms with Crippen LogP contribution in [0.1, 0.15) is 19.3 Å². The summed E-state index contributed by atoms with van der Waals surface area (Å²) in [7, 11) is 0. The molecule has 0 aliphatic carbocycles. The Kier molecular flexibility index (Phi) is 3.00. The largest absolute Gasteiger partial charge is 0.342 e. The molecule has 1 saturated heterocycles. The van der Waals surface area contributed by atoms with Crippen LogP contribution in [0.15, 0.2) is 0 Å². The van der Waals surface area contributed by atoms with E-state index in [-0.39, 0.29) is 5.91 Å². The number of likely N-dealkylation sites (tertiary alicyclic amines) is 1. The van der Waals surface area contributed by atoms with Gasteiger partial charge in [-0.2, -0.15) is 0 Å². The minimum Gasteiger partial charge on any atom is -0.342 e. The Balaban J connectivity index is 2.32. The highest BCUT2D eigenvalue weighted by Gasteiger charge is 2.16. The van der Waals surface area contributed by atoms with Gasteiger partial charge in [0.1, 0.15) is 0 Å². The lowest BCUT2D eigenvalue weighted by molar-refractivity contribution is -0.132. The van der Waals surface area contributed by atoms with Crippen LogP contribution in [0.2, 0.25) is 0 Å². The third-order valence-electron chi connectivity index (χ3n) is 1.78. The highest BCUT2D eigenvalue weighted by atomic mass is 35.5. The molecular weight excluding hydrogens is 150 g/mol. The van der Waals surface area contributed by atoms with E-state index in [0.29, 0.717) is 5.88 Å². The third-order valence-corrected chi connectivity index (χ3v) is 1.94. The lowest BCUT2D eigenvalue weighted by Gasteiger charge is -2.25. The number of hydrogen-bond acceptors (Lipinski definition) is 1. The van der Waals surface area contributed by atoms with Crippen LogP contribution in [0.5, 0.6) is 0 Å². The fourth-order valence-corrected chi connectivity index (χ4v) is 1.40. The van der Waals surface area contributed by atoms with Gasteiger partial charge in [-0.05, 0) is 12.8 Å². The lowest BCUT2D eigenvalue weighted by Crippen LogP contribution is -2.36. The Bertz CT molecular complexity index is 125. The van der Waals surface area contributed by atoms with E-state index in [1.807, 2.05) is 4.90 Å². The molecule has 1 heterocycles. The van der Waals surface area contributed by atoms with Crippen molar-refractivity contribution in [2.24, 2.45) is 0 Å². The van der Waals surface area contributed by atoms with Gasteiger partial charge in [-0.25, -0.2) is 0 Å². The molecule has 1 amide bonds. The van der Waals surface area contributed by atoms with Crippen LogP contribution < -0.4 is 0 Å². The van der Waals surface area contributed by atoms with Gasteiger partial charge >= 0.3 is 0 Å². The Morgan fingerprint density at radius 3 is 2.90 bits per heavy atom. The molecule has 0 N–H and O–H groups in total. The molecular formula is C7H12ClNO. The summed E-state index contributed by atoms with van der Waals surface area (Å²) < 4.78 is 0. The normalized spacial score (nSPS) is 19.7. The number of rotatable bonds is 2. The van der Waals surface area contributed by atoms with Gasteiger partial charge in [-0.1, -0.05) is 0 Å². The van der Waals surface area contributed by atoms with Gasteiger partial charge in [-0.3, -0.25) is 4.79 Å². The van der Waals surface area contributed by atoms with Crippen molar-refractivity contribution in [1.82, 2.24) is 4.90 Å².